The van der Waals surface area contributed by atoms with Gasteiger partial charge in [-0.2, -0.15) is 0 Å². The molecule has 5 heteroatoms. The third-order valence-electron chi connectivity index (χ3n) is 3.33. The Bertz CT molecular complexity index is 370. The molecule has 1 N–H and O–H groups in total. The molecule has 2 amide bonds. The molecule has 0 aromatic carbocycles. The molecule has 1 fully saturated rings. The predicted octanol–water partition coefficient (Wildman–Crippen LogP) is 1.69. The van der Waals surface area contributed by atoms with Crippen LogP contribution in [0.1, 0.15) is 24.6 Å². The Morgan fingerprint density at radius 2 is 2.22 bits per heavy atom. The molecule has 2 heterocycles. The Kier molecular flexibility index (Phi) is 4.25. The summed E-state index contributed by atoms with van der Waals surface area (Å²) in [7, 11) is 3.96. The highest BCUT2D eigenvalue weighted by atomic mass is 16.3. The van der Waals surface area contributed by atoms with Crippen LogP contribution >= 0.6 is 0 Å². The van der Waals surface area contributed by atoms with Gasteiger partial charge in [0.2, 0.25) is 0 Å². The van der Waals surface area contributed by atoms with Gasteiger partial charge < -0.3 is 14.6 Å². The first-order valence-corrected chi connectivity index (χ1v) is 6.41. The highest BCUT2D eigenvalue weighted by molar-refractivity contribution is 5.74. The molecule has 1 saturated heterocycles. The largest absolute Gasteiger partial charge is 0.468 e. The predicted molar refractivity (Wildman–Crippen MR) is 69.3 cm³/mol. The van der Waals surface area contributed by atoms with Gasteiger partial charge >= 0.3 is 6.03 Å². The number of likely N-dealkylation sites (tertiary alicyclic amines) is 1. The van der Waals surface area contributed by atoms with E-state index < -0.39 is 0 Å². The first-order chi connectivity index (χ1) is 8.68. The molecule has 0 radical (unpaired) electrons. The zero-order chi connectivity index (χ0) is 13.0. The molecule has 1 aromatic heterocycles. The van der Waals surface area contributed by atoms with E-state index in [1.54, 1.807) is 6.26 Å². The van der Waals surface area contributed by atoms with Gasteiger partial charge in [-0.15, -0.1) is 0 Å². The second kappa shape index (κ2) is 5.91. The Hall–Kier alpha value is -1.49. The van der Waals surface area contributed by atoms with E-state index in [-0.39, 0.29) is 12.1 Å². The van der Waals surface area contributed by atoms with Gasteiger partial charge in [0.05, 0.1) is 12.3 Å². The van der Waals surface area contributed by atoms with E-state index in [1.165, 1.54) is 0 Å². The highest BCUT2D eigenvalue weighted by Crippen LogP contribution is 2.17. The van der Waals surface area contributed by atoms with Crippen molar-refractivity contribution in [2.75, 3.05) is 33.7 Å². The Balaban J connectivity index is 1.88. The minimum absolute atomic E-state index is 0.0332. The number of hydrogen-bond donors (Lipinski definition) is 1. The molecule has 0 saturated carbocycles. The second-order valence-corrected chi connectivity index (χ2v) is 4.88. The van der Waals surface area contributed by atoms with Crippen LogP contribution in [0.4, 0.5) is 4.79 Å². The van der Waals surface area contributed by atoms with Gasteiger partial charge in [-0.1, -0.05) is 0 Å². The Morgan fingerprint density at radius 1 is 1.50 bits per heavy atom. The number of urea groups is 1. The molecule has 0 spiro atoms. The molecule has 0 aliphatic carbocycles. The van der Waals surface area contributed by atoms with E-state index in [4.69, 9.17) is 4.42 Å². The normalized spacial score (nSPS) is 17.2. The van der Waals surface area contributed by atoms with Crippen molar-refractivity contribution in [1.82, 2.24) is 15.1 Å². The van der Waals surface area contributed by atoms with Crippen LogP contribution in [-0.2, 0) is 0 Å². The van der Waals surface area contributed by atoms with Crippen molar-refractivity contribution in [3.8, 4) is 0 Å². The van der Waals surface area contributed by atoms with Gasteiger partial charge in [0, 0.05) is 19.6 Å². The molecular weight excluding hydrogens is 230 g/mol. The van der Waals surface area contributed by atoms with Crippen molar-refractivity contribution >= 4 is 6.03 Å². The number of rotatable bonds is 4. The summed E-state index contributed by atoms with van der Waals surface area (Å²) >= 11 is 0. The maximum atomic E-state index is 11.9. The quantitative estimate of drug-likeness (QED) is 0.886. The summed E-state index contributed by atoms with van der Waals surface area (Å²) in [5.41, 5.74) is 0. The van der Waals surface area contributed by atoms with Crippen LogP contribution in [0.15, 0.2) is 22.8 Å². The van der Waals surface area contributed by atoms with E-state index in [2.05, 4.69) is 5.32 Å². The Morgan fingerprint density at radius 3 is 2.78 bits per heavy atom. The SMILES string of the molecule is CN(C)[C@H](CNC(=O)N1CCCC1)c1ccco1. The zero-order valence-electron chi connectivity index (χ0n) is 11.1. The van der Waals surface area contributed by atoms with Crippen LogP contribution in [0.3, 0.4) is 0 Å². The molecule has 100 valence electrons. The molecule has 2 rings (SSSR count). The van der Waals surface area contributed by atoms with Gasteiger partial charge in [0.1, 0.15) is 5.76 Å². The fourth-order valence-electron chi connectivity index (χ4n) is 2.23. The molecule has 0 bridgehead atoms. The number of likely N-dealkylation sites (N-methyl/N-ethyl adjacent to an activating group) is 1. The first kappa shape index (κ1) is 13.0. The topological polar surface area (TPSA) is 48.7 Å². The van der Waals surface area contributed by atoms with E-state index in [9.17, 15) is 4.79 Å². The lowest BCUT2D eigenvalue weighted by Crippen LogP contribution is -2.41. The molecule has 1 aliphatic rings. The second-order valence-electron chi connectivity index (χ2n) is 4.88. The maximum absolute atomic E-state index is 11.9. The number of furan rings is 1. The molecular formula is C13H21N3O2. The minimum Gasteiger partial charge on any atom is -0.468 e. The van der Waals surface area contributed by atoms with Gasteiger partial charge in [-0.25, -0.2) is 4.79 Å². The maximum Gasteiger partial charge on any atom is 0.317 e. The standard InChI is InChI=1S/C13H21N3O2/c1-15(2)11(12-6-5-9-18-12)10-14-13(17)16-7-3-4-8-16/h5-6,9,11H,3-4,7-8,10H2,1-2H3,(H,14,17)/t11-/m1/s1. The monoisotopic (exact) mass is 251 g/mol. The summed E-state index contributed by atoms with van der Waals surface area (Å²) in [6.07, 6.45) is 3.89. The Labute approximate surface area is 108 Å². The van der Waals surface area contributed by atoms with Crippen molar-refractivity contribution in [3.63, 3.8) is 0 Å². The molecule has 18 heavy (non-hydrogen) atoms. The molecule has 1 atom stereocenters. The molecule has 1 aromatic rings. The summed E-state index contributed by atoms with van der Waals surface area (Å²) in [4.78, 5) is 15.8. The summed E-state index contributed by atoms with van der Waals surface area (Å²) in [5.74, 6) is 0.877. The van der Waals surface area contributed by atoms with E-state index in [1.807, 2.05) is 36.0 Å². The summed E-state index contributed by atoms with van der Waals surface area (Å²) in [6, 6.07) is 3.92. The van der Waals surface area contributed by atoms with Crippen LogP contribution in [0.25, 0.3) is 0 Å². The molecule has 0 unspecified atom stereocenters. The van der Waals surface area contributed by atoms with Gasteiger partial charge in [-0.05, 0) is 39.1 Å². The first-order valence-electron chi connectivity index (χ1n) is 6.41. The van der Waals surface area contributed by atoms with E-state index in [0.717, 1.165) is 31.7 Å². The fourth-order valence-corrected chi connectivity index (χ4v) is 2.23. The lowest BCUT2D eigenvalue weighted by molar-refractivity contribution is 0.199. The summed E-state index contributed by atoms with van der Waals surface area (Å²) < 4.78 is 5.41. The van der Waals surface area contributed by atoms with Crippen molar-refractivity contribution in [1.29, 1.82) is 0 Å². The smallest absolute Gasteiger partial charge is 0.317 e. The lowest BCUT2D eigenvalue weighted by Gasteiger charge is -2.24. The van der Waals surface area contributed by atoms with Crippen LogP contribution < -0.4 is 5.32 Å². The van der Waals surface area contributed by atoms with Crippen molar-refractivity contribution in [2.24, 2.45) is 0 Å². The van der Waals surface area contributed by atoms with E-state index >= 15 is 0 Å². The number of hydrogen-bond acceptors (Lipinski definition) is 3. The number of nitrogens with zero attached hydrogens (tertiary/aromatic N) is 2. The van der Waals surface area contributed by atoms with Crippen molar-refractivity contribution in [3.05, 3.63) is 24.2 Å². The van der Waals surface area contributed by atoms with Gasteiger partial charge in [0.25, 0.3) is 0 Å². The van der Waals surface area contributed by atoms with Crippen molar-refractivity contribution in [2.45, 2.75) is 18.9 Å². The number of nitrogens with one attached hydrogen (secondary N) is 1. The van der Waals surface area contributed by atoms with Crippen LogP contribution in [0, 0.1) is 0 Å². The number of amides is 2. The third-order valence-corrected chi connectivity index (χ3v) is 3.33. The lowest BCUT2D eigenvalue weighted by atomic mass is 10.2. The number of carbonyl (C=O) groups is 1. The molecule has 5 nitrogen and oxygen atoms in total. The minimum atomic E-state index is 0.0332. The average Bonchev–Trinajstić information content (AvgIpc) is 3.01. The third kappa shape index (κ3) is 3.04. The van der Waals surface area contributed by atoms with E-state index in [0.29, 0.717) is 6.54 Å². The fraction of sp³-hybridized carbons (Fsp3) is 0.615. The number of carbonyl (C=O) groups excluding carboxylic acids is 1. The average molecular weight is 251 g/mol. The zero-order valence-corrected chi connectivity index (χ0v) is 11.1. The highest BCUT2D eigenvalue weighted by Gasteiger charge is 2.21. The molecule has 1 aliphatic heterocycles. The summed E-state index contributed by atoms with van der Waals surface area (Å²) in [6.45, 7) is 2.31. The van der Waals surface area contributed by atoms with Gasteiger partial charge in [0.15, 0.2) is 0 Å². The van der Waals surface area contributed by atoms with Crippen LogP contribution in [0.2, 0.25) is 0 Å². The van der Waals surface area contributed by atoms with Gasteiger partial charge in [-0.3, -0.25) is 4.90 Å². The van der Waals surface area contributed by atoms with Crippen molar-refractivity contribution < 1.29 is 9.21 Å². The van der Waals surface area contributed by atoms with Crippen LogP contribution in [-0.4, -0.2) is 49.6 Å². The van der Waals surface area contributed by atoms with Crippen LogP contribution in [0.5, 0.6) is 0 Å². The summed E-state index contributed by atoms with van der Waals surface area (Å²) in [5, 5.41) is 2.98.